The van der Waals surface area contributed by atoms with Crippen molar-refractivity contribution in [1.29, 1.82) is 0 Å². The van der Waals surface area contributed by atoms with E-state index in [1.165, 1.54) is 4.90 Å². The molecule has 38 heavy (non-hydrogen) atoms. The maximum atomic E-state index is 12.9. The third-order valence-electron chi connectivity index (χ3n) is 6.91. The molecule has 3 heterocycles. The van der Waals surface area contributed by atoms with Crippen LogP contribution in [0.1, 0.15) is 34.5 Å². The number of benzene rings is 2. The maximum Gasteiger partial charge on any atom is 0.251 e. The number of aliphatic imine (C=N–C) groups is 1. The van der Waals surface area contributed by atoms with Crippen molar-refractivity contribution in [3.63, 3.8) is 0 Å². The molecule has 2 N–H and O–H groups in total. The van der Waals surface area contributed by atoms with Crippen LogP contribution in [0.25, 0.3) is 0 Å². The van der Waals surface area contributed by atoms with Crippen LogP contribution in [0, 0.1) is 0 Å². The molecule has 0 saturated carbocycles. The number of methoxy groups -OCH3 is 1. The third-order valence-corrected chi connectivity index (χ3v) is 6.91. The van der Waals surface area contributed by atoms with Crippen LogP contribution >= 0.6 is 0 Å². The molecule has 3 aromatic rings. The Hall–Kier alpha value is -4.31. The molecule has 2 aliphatic rings. The Bertz CT molecular complexity index is 1370. The van der Waals surface area contributed by atoms with Gasteiger partial charge in [-0.05, 0) is 51.2 Å². The molecule has 10 nitrogen and oxygen atoms in total. The van der Waals surface area contributed by atoms with Gasteiger partial charge in [-0.1, -0.05) is 30.3 Å². The number of fused-ring (bicyclic) bond motifs is 1. The van der Waals surface area contributed by atoms with Gasteiger partial charge in [0.25, 0.3) is 5.91 Å². The molecule has 2 aliphatic heterocycles. The van der Waals surface area contributed by atoms with E-state index in [4.69, 9.17) is 9.72 Å². The van der Waals surface area contributed by atoms with E-state index in [1.807, 2.05) is 30.3 Å². The predicted molar refractivity (Wildman–Crippen MR) is 147 cm³/mol. The quantitative estimate of drug-likeness (QED) is 0.521. The standard InChI is InChI=1S/C28H31N7O3/c1-34-13-11-20(12-14-34)31-27(37)19-9-10-21(23(15-19)38-3)32-28-30-16-22-26(33-28)25(18-7-5-4-6-8-18)29-17-24(36)35(22)2/h4-10,15-16,20H,11-14,17H2,1-3H3,(H,31,37)(H,30,32,33). The molecule has 196 valence electrons. The van der Waals surface area contributed by atoms with Crippen molar-refractivity contribution in [2.24, 2.45) is 4.99 Å². The van der Waals surface area contributed by atoms with Crippen LogP contribution in [0.3, 0.4) is 0 Å². The Morgan fingerprint density at radius 1 is 1.08 bits per heavy atom. The highest BCUT2D eigenvalue weighted by Crippen LogP contribution is 2.30. The predicted octanol–water partition coefficient (Wildman–Crippen LogP) is 2.87. The van der Waals surface area contributed by atoms with Gasteiger partial charge in [0, 0.05) is 24.2 Å². The fourth-order valence-corrected chi connectivity index (χ4v) is 4.62. The molecule has 0 radical (unpaired) electrons. The van der Waals surface area contributed by atoms with Crippen molar-refractivity contribution in [3.05, 3.63) is 71.5 Å². The van der Waals surface area contributed by atoms with Crippen molar-refractivity contribution in [1.82, 2.24) is 20.2 Å². The number of nitrogens with one attached hydrogen (secondary N) is 2. The zero-order chi connectivity index (χ0) is 26.6. The molecule has 2 amide bonds. The molecule has 0 unspecified atom stereocenters. The molecule has 0 aliphatic carbocycles. The molecule has 1 saturated heterocycles. The average molecular weight is 514 g/mol. The minimum Gasteiger partial charge on any atom is -0.495 e. The Kier molecular flexibility index (Phi) is 7.32. The summed E-state index contributed by atoms with van der Waals surface area (Å²) in [7, 11) is 5.34. The monoisotopic (exact) mass is 513 g/mol. The molecule has 2 aromatic carbocycles. The number of nitrogens with zero attached hydrogens (tertiary/aromatic N) is 5. The molecule has 5 rings (SSSR count). The van der Waals surface area contributed by atoms with E-state index >= 15 is 0 Å². The SMILES string of the molecule is COc1cc(C(=O)NC2CCN(C)CC2)ccc1Nc1ncc2c(n1)C(c1ccccc1)=NCC(=O)N2C. The van der Waals surface area contributed by atoms with Crippen LogP contribution in [0.4, 0.5) is 17.3 Å². The van der Waals surface area contributed by atoms with Crippen molar-refractivity contribution < 1.29 is 14.3 Å². The number of piperidine rings is 1. The van der Waals surface area contributed by atoms with E-state index in [2.05, 4.69) is 32.6 Å². The fourth-order valence-electron chi connectivity index (χ4n) is 4.62. The van der Waals surface area contributed by atoms with Gasteiger partial charge in [-0.15, -0.1) is 0 Å². The van der Waals surface area contributed by atoms with Crippen LogP contribution < -0.4 is 20.3 Å². The van der Waals surface area contributed by atoms with Crippen molar-refractivity contribution in [2.75, 3.05) is 51.1 Å². The summed E-state index contributed by atoms with van der Waals surface area (Å²) in [6.07, 6.45) is 3.48. The van der Waals surface area contributed by atoms with Gasteiger partial charge in [-0.3, -0.25) is 14.6 Å². The molecule has 0 spiro atoms. The number of amides is 2. The van der Waals surface area contributed by atoms with Gasteiger partial charge >= 0.3 is 0 Å². The average Bonchev–Trinajstić information content (AvgIpc) is 3.06. The summed E-state index contributed by atoms with van der Waals surface area (Å²) in [5, 5.41) is 6.33. The summed E-state index contributed by atoms with van der Waals surface area (Å²) in [4.78, 5) is 43.0. The van der Waals surface area contributed by atoms with Crippen molar-refractivity contribution in [2.45, 2.75) is 18.9 Å². The number of carbonyl (C=O) groups excluding carboxylic acids is 2. The van der Waals surface area contributed by atoms with E-state index in [-0.39, 0.29) is 24.4 Å². The molecule has 10 heteroatoms. The van der Waals surface area contributed by atoms with Crippen LogP contribution in [-0.4, -0.2) is 79.3 Å². The van der Waals surface area contributed by atoms with Crippen LogP contribution in [0.15, 0.2) is 59.7 Å². The van der Waals surface area contributed by atoms with Crippen LogP contribution in [0.5, 0.6) is 5.75 Å². The summed E-state index contributed by atoms with van der Waals surface area (Å²) < 4.78 is 5.59. The molecule has 1 fully saturated rings. The topological polar surface area (TPSA) is 112 Å². The largest absolute Gasteiger partial charge is 0.495 e. The van der Waals surface area contributed by atoms with Gasteiger partial charge < -0.3 is 25.2 Å². The number of likely N-dealkylation sites (N-methyl/N-ethyl adjacent to an activating group) is 1. The smallest absolute Gasteiger partial charge is 0.251 e. The summed E-state index contributed by atoms with van der Waals surface area (Å²) in [5.41, 5.74) is 3.74. The van der Waals surface area contributed by atoms with Crippen molar-refractivity contribution in [3.8, 4) is 5.75 Å². The minimum absolute atomic E-state index is 0.0226. The maximum absolute atomic E-state index is 12.9. The van der Waals surface area contributed by atoms with E-state index in [9.17, 15) is 9.59 Å². The summed E-state index contributed by atoms with van der Waals surface area (Å²) >= 11 is 0. The van der Waals surface area contributed by atoms with E-state index in [1.54, 1.807) is 38.6 Å². The number of anilines is 3. The first-order valence-corrected chi connectivity index (χ1v) is 12.6. The van der Waals surface area contributed by atoms with Gasteiger partial charge in [0.05, 0.1) is 30.4 Å². The lowest BCUT2D eigenvalue weighted by Crippen LogP contribution is -2.43. The molecule has 0 atom stereocenters. The van der Waals surface area contributed by atoms with Gasteiger partial charge in [0.2, 0.25) is 11.9 Å². The summed E-state index contributed by atoms with van der Waals surface area (Å²) in [5.74, 6) is 0.542. The fraction of sp³-hybridized carbons (Fsp3) is 0.321. The number of likely N-dealkylation sites (tertiary alicyclic amines) is 1. The second-order valence-electron chi connectivity index (χ2n) is 9.50. The Morgan fingerprint density at radius 2 is 1.84 bits per heavy atom. The van der Waals surface area contributed by atoms with E-state index in [0.717, 1.165) is 31.5 Å². The second-order valence-corrected chi connectivity index (χ2v) is 9.50. The number of ether oxygens (including phenoxy) is 1. The number of aromatic nitrogens is 2. The van der Waals surface area contributed by atoms with Crippen molar-refractivity contribution >= 4 is 34.8 Å². The molecule has 0 bridgehead atoms. The van der Waals surface area contributed by atoms with Gasteiger partial charge in [0.15, 0.2) is 0 Å². The first-order chi connectivity index (χ1) is 18.4. The minimum atomic E-state index is -0.141. The first kappa shape index (κ1) is 25.3. The zero-order valence-corrected chi connectivity index (χ0v) is 21.8. The number of hydrogen-bond acceptors (Lipinski definition) is 8. The first-order valence-electron chi connectivity index (χ1n) is 12.6. The summed E-state index contributed by atoms with van der Waals surface area (Å²) in [6, 6.07) is 15.0. The van der Waals surface area contributed by atoms with E-state index in [0.29, 0.717) is 40.0 Å². The van der Waals surface area contributed by atoms with Gasteiger partial charge in [0.1, 0.15) is 18.0 Å². The highest BCUT2D eigenvalue weighted by molar-refractivity contribution is 6.18. The normalized spacial score (nSPS) is 16.3. The Labute approximate surface area is 221 Å². The second kappa shape index (κ2) is 11.0. The lowest BCUT2D eigenvalue weighted by molar-refractivity contribution is -0.116. The molecule has 1 aromatic heterocycles. The Morgan fingerprint density at radius 3 is 2.58 bits per heavy atom. The van der Waals surface area contributed by atoms with Crippen LogP contribution in [0.2, 0.25) is 0 Å². The van der Waals surface area contributed by atoms with Gasteiger partial charge in [-0.2, -0.15) is 0 Å². The lowest BCUT2D eigenvalue weighted by atomic mass is 10.0. The highest BCUT2D eigenvalue weighted by Gasteiger charge is 2.25. The number of hydrogen-bond donors (Lipinski definition) is 2. The number of carbonyl (C=O) groups is 2. The van der Waals surface area contributed by atoms with Gasteiger partial charge in [-0.25, -0.2) is 9.97 Å². The third kappa shape index (κ3) is 5.35. The Balaban J connectivity index is 1.40. The lowest BCUT2D eigenvalue weighted by Gasteiger charge is -2.29. The number of rotatable bonds is 6. The highest BCUT2D eigenvalue weighted by atomic mass is 16.5. The zero-order valence-electron chi connectivity index (χ0n) is 21.8. The molecular formula is C28H31N7O3. The molecular weight excluding hydrogens is 482 g/mol. The summed E-state index contributed by atoms with van der Waals surface area (Å²) in [6.45, 7) is 1.96. The van der Waals surface area contributed by atoms with Crippen LogP contribution in [-0.2, 0) is 4.79 Å². The van der Waals surface area contributed by atoms with E-state index < -0.39 is 0 Å².